The Balaban J connectivity index is 3.05. The second kappa shape index (κ2) is 4.09. The Labute approximate surface area is 85.7 Å². The van der Waals surface area contributed by atoms with Gasteiger partial charge >= 0.3 is 0 Å². The fourth-order valence-corrected chi connectivity index (χ4v) is 1.74. The zero-order valence-corrected chi connectivity index (χ0v) is 9.76. The smallest absolute Gasteiger partial charge is 0.152 e. The predicted octanol–water partition coefficient (Wildman–Crippen LogP) is 1.45. The third-order valence-electron chi connectivity index (χ3n) is 2.43. The lowest BCUT2D eigenvalue weighted by Crippen LogP contribution is -2.39. The van der Waals surface area contributed by atoms with E-state index in [0.717, 1.165) is 24.7 Å². The van der Waals surface area contributed by atoms with Crippen molar-refractivity contribution in [2.75, 3.05) is 6.54 Å². The van der Waals surface area contributed by atoms with Crippen LogP contribution in [0.1, 0.15) is 39.3 Å². The van der Waals surface area contributed by atoms with Gasteiger partial charge in [-0.15, -0.1) is 10.2 Å². The lowest BCUT2D eigenvalue weighted by atomic mass is 10.0. The Hall–Kier alpha value is -0.900. The molecule has 14 heavy (non-hydrogen) atoms. The maximum absolute atomic E-state index is 4.23. The van der Waals surface area contributed by atoms with Gasteiger partial charge in [-0.2, -0.15) is 0 Å². The standard InChI is InChI=1S/C10H20N4/c1-6-11-10(4,5)9-13-12-8(3)14(9)7-2/h11H,6-7H2,1-5H3. The first-order chi connectivity index (χ1) is 6.53. The lowest BCUT2D eigenvalue weighted by Gasteiger charge is -2.25. The molecule has 0 aliphatic heterocycles. The second-order valence-electron chi connectivity index (χ2n) is 3.97. The van der Waals surface area contributed by atoms with Crippen LogP contribution in [0.25, 0.3) is 0 Å². The number of aryl methyl sites for hydroxylation is 1. The molecule has 0 bridgehead atoms. The van der Waals surface area contributed by atoms with Gasteiger partial charge in [0.15, 0.2) is 5.82 Å². The van der Waals surface area contributed by atoms with Gasteiger partial charge in [0.2, 0.25) is 0 Å². The zero-order chi connectivity index (χ0) is 10.8. The van der Waals surface area contributed by atoms with Gasteiger partial charge in [-0.05, 0) is 34.2 Å². The van der Waals surface area contributed by atoms with Crippen LogP contribution in [0, 0.1) is 6.92 Å². The highest BCUT2D eigenvalue weighted by Gasteiger charge is 2.25. The summed E-state index contributed by atoms with van der Waals surface area (Å²) in [5.41, 5.74) is -0.105. The summed E-state index contributed by atoms with van der Waals surface area (Å²) in [6.45, 7) is 12.3. The summed E-state index contributed by atoms with van der Waals surface area (Å²) in [4.78, 5) is 0. The Bertz CT molecular complexity index is 301. The molecule has 0 fully saturated rings. The van der Waals surface area contributed by atoms with Crippen LogP contribution in [-0.4, -0.2) is 21.3 Å². The molecule has 0 saturated heterocycles. The van der Waals surface area contributed by atoms with Gasteiger partial charge in [0.05, 0.1) is 5.54 Å². The monoisotopic (exact) mass is 196 g/mol. The normalized spacial score (nSPS) is 12.1. The summed E-state index contributed by atoms with van der Waals surface area (Å²) in [5.74, 6) is 1.99. The number of hydrogen-bond donors (Lipinski definition) is 1. The fraction of sp³-hybridized carbons (Fsp3) is 0.800. The molecule has 0 amide bonds. The largest absolute Gasteiger partial charge is 0.314 e. The summed E-state index contributed by atoms with van der Waals surface area (Å²) >= 11 is 0. The molecule has 1 rings (SSSR count). The molecule has 80 valence electrons. The van der Waals surface area contributed by atoms with Crippen LogP contribution in [-0.2, 0) is 12.1 Å². The molecule has 0 aromatic carbocycles. The SMILES string of the molecule is CCNC(C)(C)c1nnc(C)n1CC. The van der Waals surface area contributed by atoms with E-state index in [1.54, 1.807) is 0 Å². The first-order valence-corrected chi connectivity index (χ1v) is 5.18. The van der Waals surface area contributed by atoms with Crippen LogP contribution in [0.3, 0.4) is 0 Å². The van der Waals surface area contributed by atoms with E-state index >= 15 is 0 Å². The molecule has 0 atom stereocenters. The topological polar surface area (TPSA) is 42.7 Å². The molecule has 0 spiro atoms. The van der Waals surface area contributed by atoms with Crippen molar-refractivity contribution in [3.63, 3.8) is 0 Å². The molecular weight excluding hydrogens is 176 g/mol. The van der Waals surface area contributed by atoms with E-state index in [-0.39, 0.29) is 5.54 Å². The molecule has 1 aromatic rings. The van der Waals surface area contributed by atoms with E-state index in [2.05, 4.69) is 47.8 Å². The first-order valence-electron chi connectivity index (χ1n) is 5.18. The summed E-state index contributed by atoms with van der Waals surface area (Å²) in [6.07, 6.45) is 0. The lowest BCUT2D eigenvalue weighted by molar-refractivity contribution is 0.373. The highest BCUT2D eigenvalue weighted by Crippen LogP contribution is 2.18. The fourth-order valence-electron chi connectivity index (χ4n) is 1.74. The highest BCUT2D eigenvalue weighted by molar-refractivity contribution is 5.05. The molecule has 0 aliphatic carbocycles. The number of nitrogens with one attached hydrogen (secondary N) is 1. The van der Waals surface area contributed by atoms with Crippen molar-refractivity contribution in [3.8, 4) is 0 Å². The van der Waals surface area contributed by atoms with E-state index in [1.165, 1.54) is 0 Å². The second-order valence-corrected chi connectivity index (χ2v) is 3.97. The predicted molar refractivity (Wildman–Crippen MR) is 57.1 cm³/mol. The molecule has 0 radical (unpaired) electrons. The van der Waals surface area contributed by atoms with Crippen LogP contribution >= 0.6 is 0 Å². The van der Waals surface area contributed by atoms with E-state index in [0.29, 0.717) is 0 Å². The van der Waals surface area contributed by atoms with Gasteiger partial charge in [0.1, 0.15) is 5.82 Å². The van der Waals surface area contributed by atoms with Gasteiger partial charge in [0.25, 0.3) is 0 Å². The minimum atomic E-state index is -0.105. The molecule has 4 nitrogen and oxygen atoms in total. The molecular formula is C10H20N4. The van der Waals surface area contributed by atoms with E-state index in [4.69, 9.17) is 0 Å². The Kier molecular flexibility index (Phi) is 3.26. The Morgan fingerprint density at radius 2 is 1.93 bits per heavy atom. The van der Waals surface area contributed by atoms with Crippen LogP contribution in [0.5, 0.6) is 0 Å². The molecule has 1 aromatic heterocycles. The number of rotatable bonds is 4. The molecule has 0 aliphatic rings. The number of hydrogen-bond acceptors (Lipinski definition) is 3. The zero-order valence-electron chi connectivity index (χ0n) is 9.76. The van der Waals surface area contributed by atoms with Gasteiger partial charge in [0, 0.05) is 6.54 Å². The molecule has 1 heterocycles. The van der Waals surface area contributed by atoms with Gasteiger partial charge in [-0.1, -0.05) is 6.92 Å². The van der Waals surface area contributed by atoms with Crippen molar-refractivity contribution in [1.82, 2.24) is 20.1 Å². The summed E-state index contributed by atoms with van der Waals surface area (Å²) in [6, 6.07) is 0. The van der Waals surface area contributed by atoms with Crippen LogP contribution in [0.15, 0.2) is 0 Å². The number of nitrogens with zero attached hydrogens (tertiary/aromatic N) is 3. The minimum absolute atomic E-state index is 0.105. The number of aromatic nitrogens is 3. The van der Waals surface area contributed by atoms with Gasteiger partial charge in [-0.25, -0.2) is 0 Å². The van der Waals surface area contributed by atoms with E-state index in [9.17, 15) is 0 Å². The maximum atomic E-state index is 4.23. The van der Waals surface area contributed by atoms with Crippen molar-refractivity contribution < 1.29 is 0 Å². The maximum Gasteiger partial charge on any atom is 0.152 e. The molecule has 0 unspecified atom stereocenters. The third-order valence-corrected chi connectivity index (χ3v) is 2.43. The first kappa shape index (κ1) is 11.2. The van der Waals surface area contributed by atoms with Gasteiger partial charge in [-0.3, -0.25) is 0 Å². The van der Waals surface area contributed by atoms with Gasteiger partial charge < -0.3 is 9.88 Å². The van der Waals surface area contributed by atoms with E-state index < -0.39 is 0 Å². The summed E-state index contributed by atoms with van der Waals surface area (Å²) in [7, 11) is 0. The molecule has 0 saturated carbocycles. The van der Waals surface area contributed by atoms with Crippen LogP contribution < -0.4 is 5.32 Å². The Morgan fingerprint density at radius 3 is 2.43 bits per heavy atom. The molecule has 1 N–H and O–H groups in total. The van der Waals surface area contributed by atoms with Crippen molar-refractivity contribution >= 4 is 0 Å². The van der Waals surface area contributed by atoms with Crippen LogP contribution in [0.2, 0.25) is 0 Å². The van der Waals surface area contributed by atoms with Crippen molar-refractivity contribution in [1.29, 1.82) is 0 Å². The van der Waals surface area contributed by atoms with Crippen molar-refractivity contribution in [2.24, 2.45) is 0 Å². The third kappa shape index (κ3) is 1.95. The highest BCUT2D eigenvalue weighted by atomic mass is 15.3. The summed E-state index contributed by atoms with van der Waals surface area (Å²) < 4.78 is 2.14. The minimum Gasteiger partial charge on any atom is -0.314 e. The van der Waals surface area contributed by atoms with Crippen LogP contribution in [0.4, 0.5) is 0 Å². The van der Waals surface area contributed by atoms with E-state index in [1.807, 2.05) is 6.92 Å². The van der Waals surface area contributed by atoms with Crippen molar-refractivity contribution in [2.45, 2.75) is 46.7 Å². The average Bonchev–Trinajstić information content (AvgIpc) is 2.47. The molecule has 4 heteroatoms. The quantitative estimate of drug-likeness (QED) is 0.792. The summed E-state index contributed by atoms with van der Waals surface area (Å²) in [5, 5.41) is 11.7. The Morgan fingerprint density at radius 1 is 1.29 bits per heavy atom. The average molecular weight is 196 g/mol. The van der Waals surface area contributed by atoms with Crippen molar-refractivity contribution in [3.05, 3.63) is 11.6 Å².